The molecule has 0 aliphatic rings. The summed E-state index contributed by atoms with van der Waals surface area (Å²) in [6.45, 7) is 3.17. The quantitative estimate of drug-likeness (QED) is 0.788. The van der Waals surface area contributed by atoms with Crippen molar-refractivity contribution in [3.63, 3.8) is 0 Å². The van der Waals surface area contributed by atoms with Crippen molar-refractivity contribution in [3.8, 4) is 0 Å². The molecule has 2 N–H and O–H groups in total. The van der Waals surface area contributed by atoms with Gasteiger partial charge in [-0.15, -0.1) is 0 Å². The molecule has 0 unspecified atom stereocenters. The maximum atomic E-state index is 6.14. The van der Waals surface area contributed by atoms with Gasteiger partial charge in [0, 0.05) is 25.4 Å². The second kappa shape index (κ2) is 7.45. The van der Waals surface area contributed by atoms with E-state index in [-0.39, 0.29) is 0 Å². The summed E-state index contributed by atoms with van der Waals surface area (Å²) in [6, 6.07) is 7.21. The molecule has 0 spiro atoms. The number of ether oxygens (including phenoxy) is 1. The van der Waals surface area contributed by atoms with Gasteiger partial charge in [0.05, 0.1) is 22.3 Å². The lowest BCUT2D eigenvalue weighted by molar-refractivity contribution is 0.210. The fourth-order valence-corrected chi connectivity index (χ4v) is 2.06. The van der Waals surface area contributed by atoms with Crippen LogP contribution in [-0.4, -0.2) is 30.2 Å². The third-order valence-electron chi connectivity index (χ3n) is 2.66. The van der Waals surface area contributed by atoms with Crippen LogP contribution < -0.4 is 10.6 Å². The van der Waals surface area contributed by atoms with Gasteiger partial charge < -0.3 is 15.4 Å². The molecule has 2 aromatic rings. The Labute approximate surface area is 133 Å². The lowest BCUT2D eigenvalue weighted by Gasteiger charge is -2.11. The van der Waals surface area contributed by atoms with Crippen LogP contribution in [0.1, 0.15) is 5.69 Å². The maximum Gasteiger partial charge on any atom is 0.229 e. The molecule has 112 valence electrons. The highest BCUT2D eigenvalue weighted by atomic mass is 35.5. The molecular formula is C14H16Cl2N4O. The Hall–Kier alpha value is -1.56. The summed E-state index contributed by atoms with van der Waals surface area (Å²) in [4.78, 5) is 8.71. The van der Waals surface area contributed by atoms with Crippen molar-refractivity contribution >= 4 is 40.7 Å². The Kier molecular flexibility index (Phi) is 5.61. The zero-order chi connectivity index (χ0) is 15.2. The van der Waals surface area contributed by atoms with E-state index in [0.717, 1.165) is 11.5 Å². The summed E-state index contributed by atoms with van der Waals surface area (Å²) < 4.78 is 4.99. The molecule has 21 heavy (non-hydrogen) atoms. The average Bonchev–Trinajstić information content (AvgIpc) is 2.44. The molecule has 0 aliphatic heterocycles. The van der Waals surface area contributed by atoms with E-state index < -0.39 is 0 Å². The van der Waals surface area contributed by atoms with Gasteiger partial charge in [0.2, 0.25) is 5.95 Å². The van der Waals surface area contributed by atoms with Crippen LogP contribution in [0, 0.1) is 6.92 Å². The standard InChI is InChI=1S/C14H16Cl2N4O/c1-9-8-12(17-6-7-21-2)20-14(18-9)19-11-5-3-4-10(15)13(11)16/h3-5,8H,6-7H2,1-2H3,(H2,17,18,19,20). The largest absolute Gasteiger partial charge is 0.383 e. The predicted octanol–water partition coefficient (Wildman–Crippen LogP) is 3.89. The highest BCUT2D eigenvalue weighted by molar-refractivity contribution is 6.43. The van der Waals surface area contributed by atoms with Gasteiger partial charge in [-0.1, -0.05) is 29.3 Å². The lowest BCUT2D eigenvalue weighted by Crippen LogP contribution is -2.10. The summed E-state index contributed by atoms with van der Waals surface area (Å²) in [6.07, 6.45) is 0. The van der Waals surface area contributed by atoms with Gasteiger partial charge in [0.1, 0.15) is 5.82 Å². The fourth-order valence-electron chi connectivity index (χ4n) is 1.72. The molecule has 0 bridgehead atoms. The molecule has 5 nitrogen and oxygen atoms in total. The summed E-state index contributed by atoms with van der Waals surface area (Å²) in [7, 11) is 1.65. The van der Waals surface area contributed by atoms with Crippen LogP contribution in [0.4, 0.5) is 17.5 Å². The molecule has 1 aromatic heterocycles. The Morgan fingerprint density at radius 2 is 2.05 bits per heavy atom. The van der Waals surface area contributed by atoms with E-state index in [4.69, 9.17) is 27.9 Å². The monoisotopic (exact) mass is 326 g/mol. The first-order chi connectivity index (χ1) is 10.1. The van der Waals surface area contributed by atoms with Crippen molar-refractivity contribution in [2.75, 3.05) is 30.9 Å². The Balaban J connectivity index is 2.17. The van der Waals surface area contributed by atoms with E-state index >= 15 is 0 Å². The Morgan fingerprint density at radius 1 is 1.24 bits per heavy atom. The molecule has 0 saturated carbocycles. The van der Waals surface area contributed by atoms with Crippen LogP contribution in [0.25, 0.3) is 0 Å². The van der Waals surface area contributed by atoms with Crippen molar-refractivity contribution in [3.05, 3.63) is 40.0 Å². The lowest BCUT2D eigenvalue weighted by atomic mass is 10.3. The fraction of sp³-hybridized carbons (Fsp3) is 0.286. The van der Waals surface area contributed by atoms with E-state index in [1.165, 1.54) is 0 Å². The molecule has 0 aliphatic carbocycles. The van der Waals surface area contributed by atoms with Crippen LogP contribution >= 0.6 is 23.2 Å². The zero-order valence-electron chi connectivity index (χ0n) is 11.8. The smallest absolute Gasteiger partial charge is 0.229 e. The highest BCUT2D eigenvalue weighted by Gasteiger charge is 2.07. The first-order valence-electron chi connectivity index (χ1n) is 6.39. The van der Waals surface area contributed by atoms with E-state index in [9.17, 15) is 0 Å². The van der Waals surface area contributed by atoms with E-state index in [1.807, 2.05) is 25.1 Å². The van der Waals surface area contributed by atoms with Gasteiger partial charge in [0.15, 0.2) is 0 Å². The van der Waals surface area contributed by atoms with Gasteiger partial charge >= 0.3 is 0 Å². The Bertz CT molecular complexity index is 622. The number of halogens is 2. The summed E-state index contributed by atoms with van der Waals surface area (Å²) in [5.41, 5.74) is 1.50. The molecule has 2 rings (SSSR count). The number of nitrogens with zero attached hydrogens (tertiary/aromatic N) is 2. The number of hydrogen-bond acceptors (Lipinski definition) is 5. The molecule has 1 aromatic carbocycles. The first kappa shape index (κ1) is 15.8. The molecule has 0 radical (unpaired) electrons. The van der Waals surface area contributed by atoms with E-state index in [1.54, 1.807) is 13.2 Å². The van der Waals surface area contributed by atoms with Gasteiger partial charge in [-0.25, -0.2) is 4.98 Å². The number of nitrogens with one attached hydrogen (secondary N) is 2. The third-order valence-corrected chi connectivity index (χ3v) is 3.48. The molecule has 0 saturated heterocycles. The number of hydrogen-bond donors (Lipinski definition) is 2. The second-order valence-corrected chi connectivity index (χ2v) is 5.15. The Morgan fingerprint density at radius 3 is 2.81 bits per heavy atom. The SMILES string of the molecule is COCCNc1cc(C)nc(Nc2cccc(Cl)c2Cl)n1. The first-order valence-corrected chi connectivity index (χ1v) is 7.15. The molecule has 0 atom stereocenters. The molecule has 7 heteroatoms. The van der Waals surface area contributed by atoms with Crippen LogP contribution in [-0.2, 0) is 4.74 Å². The van der Waals surface area contributed by atoms with E-state index in [0.29, 0.717) is 34.8 Å². The number of benzene rings is 1. The number of methoxy groups -OCH3 is 1. The summed E-state index contributed by atoms with van der Waals surface area (Å²) in [5, 5.41) is 7.16. The number of aryl methyl sites for hydroxylation is 1. The van der Waals surface area contributed by atoms with Gasteiger partial charge in [-0.3, -0.25) is 0 Å². The van der Waals surface area contributed by atoms with Crippen molar-refractivity contribution in [2.45, 2.75) is 6.92 Å². The normalized spacial score (nSPS) is 10.5. The summed E-state index contributed by atoms with van der Waals surface area (Å²) >= 11 is 12.1. The molecule has 0 fully saturated rings. The third kappa shape index (κ3) is 4.46. The number of aromatic nitrogens is 2. The van der Waals surface area contributed by atoms with Crippen LogP contribution in [0.2, 0.25) is 10.0 Å². The van der Waals surface area contributed by atoms with Gasteiger partial charge in [-0.2, -0.15) is 4.98 Å². The molecule has 1 heterocycles. The number of rotatable bonds is 6. The second-order valence-electron chi connectivity index (χ2n) is 4.36. The van der Waals surface area contributed by atoms with E-state index in [2.05, 4.69) is 20.6 Å². The van der Waals surface area contributed by atoms with Crippen LogP contribution in [0.5, 0.6) is 0 Å². The van der Waals surface area contributed by atoms with Crippen molar-refractivity contribution in [1.29, 1.82) is 0 Å². The maximum absolute atomic E-state index is 6.14. The minimum atomic E-state index is 0.443. The van der Waals surface area contributed by atoms with Crippen LogP contribution in [0.15, 0.2) is 24.3 Å². The highest BCUT2D eigenvalue weighted by Crippen LogP contribution is 2.31. The van der Waals surface area contributed by atoms with Gasteiger partial charge in [0.25, 0.3) is 0 Å². The number of anilines is 3. The molecular weight excluding hydrogens is 311 g/mol. The zero-order valence-corrected chi connectivity index (χ0v) is 13.3. The average molecular weight is 327 g/mol. The predicted molar refractivity (Wildman–Crippen MR) is 86.9 cm³/mol. The molecule has 0 amide bonds. The van der Waals surface area contributed by atoms with Gasteiger partial charge in [-0.05, 0) is 19.1 Å². The summed E-state index contributed by atoms with van der Waals surface area (Å²) in [5.74, 6) is 1.18. The van der Waals surface area contributed by atoms with Crippen molar-refractivity contribution < 1.29 is 4.74 Å². The topological polar surface area (TPSA) is 59.1 Å². The van der Waals surface area contributed by atoms with Crippen molar-refractivity contribution in [2.24, 2.45) is 0 Å². The van der Waals surface area contributed by atoms with Crippen LogP contribution in [0.3, 0.4) is 0 Å². The minimum Gasteiger partial charge on any atom is -0.383 e. The minimum absolute atomic E-state index is 0.443. The van der Waals surface area contributed by atoms with Crippen molar-refractivity contribution in [1.82, 2.24) is 9.97 Å².